The molecule has 1 aliphatic carbocycles. The Hall–Kier alpha value is -9.39. The Morgan fingerprint density at radius 3 is 1.65 bits per heavy atom. The average molecular weight is 1280 g/mol. The Morgan fingerprint density at radius 2 is 1.04 bits per heavy atom. The van der Waals surface area contributed by atoms with E-state index in [0.29, 0.717) is 29.5 Å². The second-order valence-corrected chi connectivity index (χ2v) is 24.4. The number of nitrogens with zero attached hydrogens (tertiary/aromatic N) is 2. The molecule has 24 heteroatoms. The molecule has 0 saturated heterocycles. The van der Waals surface area contributed by atoms with Gasteiger partial charge in [0.25, 0.3) is 11.8 Å². The smallest absolute Gasteiger partial charge is 0.261 e. The number of aromatic hydroxyl groups is 2. The van der Waals surface area contributed by atoms with Gasteiger partial charge in [-0.25, -0.2) is 0 Å². The molecule has 1 heterocycles. The molecule has 1 saturated carbocycles. The molecule has 8 atom stereocenters. The highest BCUT2D eigenvalue weighted by molar-refractivity contribution is 5.97. The number of hydrazine groups is 1. The molecule has 0 aromatic heterocycles. The molecule has 93 heavy (non-hydrogen) atoms. The summed E-state index contributed by atoms with van der Waals surface area (Å²) < 4.78 is 0. The largest absolute Gasteiger partial charge is 0.508 e. The number of aliphatic imine (C=N–C) groups is 1. The quantitative estimate of drug-likeness (QED) is 0.0131. The number of nitrogens with two attached hydrogens (primary N) is 5. The van der Waals surface area contributed by atoms with Crippen LogP contribution in [-0.4, -0.2) is 130 Å². The van der Waals surface area contributed by atoms with Crippen LogP contribution in [0.5, 0.6) is 11.5 Å². The number of rotatable bonds is 31. The summed E-state index contributed by atoms with van der Waals surface area (Å²) in [5, 5.41) is 34.2. The van der Waals surface area contributed by atoms with Crippen molar-refractivity contribution in [3.8, 4) is 11.5 Å². The summed E-state index contributed by atoms with van der Waals surface area (Å²) in [6, 6.07) is 25.2. The molecule has 0 spiro atoms. The molecule has 5 aromatic rings. The van der Waals surface area contributed by atoms with Gasteiger partial charge in [-0.2, -0.15) is 0 Å². The van der Waals surface area contributed by atoms with E-state index in [4.69, 9.17) is 28.7 Å². The number of benzene rings is 5. The fourth-order valence-corrected chi connectivity index (χ4v) is 12.1. The van der Waals surface area contributed by atoms with Crippen molar-refractivity contribution >= 4 is 53.2 Å². The summed E-state index contributed by atoms with van der Waals surface area (Å²) >= 11 is 0. The molecular formula is C69H92N14O10. The van der Waals surface area contributed by atoms with E-state index >= 15 is 0 Å². The lowest BCUT2D eigenvalue weighted by atomic mass is 9.84. The van der Waals surface area contributed by atoms with Gasteiger partial charge in [-0.15, -0.1) is 0 Å². The molecule has 8 amide bonds. The number of unbranched alkanes of at least 4 members (excludes halogenated alkanes) is 1. The SMILES string of the molecule is Cc1cc(O)cc(C)c1C[C@H](N)C(=O)N[C@H](CCCN=C(N)N)C(=O)N[C@@H](Cc1ccccc1)C(=O)N[C@@H](CCCCN)C(=O)NNC(=O)[C@H](Cc1ccccc1)NC(=O)[C@H](CC1CCCCC1)NC(=O)[C@@H]1Cc2ccccc2CN1C(=O)[C@@H](N)Cc1ccc(O)cc1. The maximum Gasteiger partial charge on any atom is 0.261 e. The zero-order valence-corrected chi connectivity index (χ0v) is 53.1. The first kappa shape index (κ1) is 71.1. The third kappa shape index (κ3) is 21.9. The van der Waals surface area contributed by atoms with E-state index in [1.165, 1.54) is 17.0 Å². The minimum absolute atomic E-state index is 0.0281. The van der Waals surface area contributed by atoms with E-state index in [1.807, 2.05) is 24.3 Å². The van der Waals surface area contributed by atoms with E-state index in [0.717, 1.165) is 59.9 Å². The van der Waals surface area contributed by atoms with Gasteiger partial charge in [-0.3, -0.25) is 54.2 Å². The van der Waals surface area contributed by atoms with E-state index in [-0.39, 0.29) is 101 Å². The average Bonchev–Trinajstić information content (AvgIpc) is 0.845. The van der Waals surface area contributed by atoms with E-state index in [9.17, 15) is 48.6 Å². The van der Waals surface area contributed by atoms with Crippen molar-refractivity contribution in [1.82, 2.24) is 42.3 Å². The van der Waals surface area contributed by atoms with Crippen LogP contribution in [-0.2, 0) is 77.0 Å². The molecule has 0 radical (unpaired) electrons. The number of carbonyl (C=O) groups is 8. The molecule has 1 aliphatic heterocycles. The molecule has 2 aliphatic rings. The second-order valence-electron chi connectivity index (χ2n) is 24.4. The van der Waals surface area contributed by atoms with E-state index in [1.54, 1.807) is 98.8 Å². The van der Waals surface area contributed by atoms with Crippen LogP contribution in [0.4, 0.5) is 0 Å². The topological polar surface area (TPSA) is 407 Å². The Bertz CT molecular complexity index is 3340. The van der Waals surface area contributed by atoms with Crippen molar-refractivity contribution in [2.75, 3.05) is 13.1 Å². The summed E-state index contributed by atoms with van der Waals surface area (Å²) in [6.45, 7) is 4.05. The first-order valence-electron chi connectivity index (χ1n) is 32.1. The van der Waals surface area contributed by atoms with Gasteiger partial charge in [-0.1, -0.05) is 129 Å². The zero-order valence-electron chi connectivity index (χ0n) is 53.1. The van der Waals surface area contributed by atoms with Gasteiger partial charge in [0.05, 0.1) is 12.1 Å². The van der Waals surface area contributed by atoms with Gasteiger partial charge < -0.3 is 70.4 Å². The number of aryl methyl sites for hydroxylation is 2. The maximum absolute atomic E-state index is 14.9. The first-order valence-corrected chi connectivity index (χ1v) is 32.1. The van der Waals surface area contributed by atoms with Crippen LogP contribution in [0.1, 0.15) is 115 Å². The van der Waals surface area contributed by atoms with Crippen molar-refractivity contribution in [3.63, 3.8) is 0 Å². The van der Waals surface area contributed by atoms with E-state index in [2.05, 4.69) is 42.4 Å². The third-order valence-electron chi connectivity index (χ3n) is 17.2. The lowest BCUT2D eigenvalue weighted by Gasteiger charge is -2.38. The number of hydrogen-bond acceptors (Lipinski definition) is 14. The predicted molar refractivity (Wildman–Crippen MR) is 354 cm³/mol. The fraction of sp³-hybridized carbons (Fsp3) is 0.435. The van der Waals surface area contributed by atoms with Crippen molar-refractivity contribution < 1.29 is 48.6 Å². The number of hydrogen-bond donors (Lipinski definition) is 14. The highest BCUT2D eigenvalue weighted by Crippen LogP contribution is 2.29. The van der Waals surface area contributed by atoms with Crippen molar-refractivity contribution in [2.24, 2.45) is 39.6 Å². The number of carbonyl (C=O) groups excluding carboxylic acids is 8. The normalized spacial score (nSPS) is 16.1. The number of phenols is 2. The van der Waals surface area contributed by atoms with Crippen molar-refractivity contribution in [2.45, 2.75) is 171 Å². The monoisotopic (exact) mass is 1280 g/mol. The summed E-state index contributed by atoms with van der Waals surface area (Å²) in [5.41, 5.74) is 40.9. The number of nitrogens with one attached hydrogen (secondary N) is 7. The number of amides is 8. The van der Waals surface area contributed by atoms with Crippen molar-refractivity contribution in [1.29, 1.82) is 0 Å². The molecule has 498 valence electrons. The van der Waals surface area contributed by atoms with Crippen LogP contribution in [0.15, 0.2) is 126 Å². The number of phenolic OH excluding ortho intramolecular Hbond substituents is 2. The van der Waals surface area contributed by atoms with Crippen LogP contribution in [0.25, 0.3) is 0 Å². The third-order valence-corrected chi connectivity index (χ3v) is 17.2. The molecule has 7 rings (SSSR count). The Balaban J connectivity index is 1.09. The zero-order chi connectivity index (χ0) is 67.0. The van der Waals surface area contributed by atoms with Crippen LogP contribution in [0.3, 0.4) is 0 Å². The molecule has 0 unspecified atom stereocenters. The van der Waals surface area contributed by atoms with Crippen LogP contribution in [0.2, 0.25) is 0 Å². The highest BCUT2D eigenvalue weighted by Gasteiger charge is 2.40. The highest BCUT2D eigenvalue weighted by atomic mass is 16.3. The Labute approximate surface area is 543 Å². The Kier molecular flexibility index (Phi) is 27.1. The minimum Gasteiger partial charge on any atom is -0.508 e. The molecule has 1 fully saturated rings. The standard InChI is InChI=1S/C69H92N14O10/c1-42-33-51(85)34-43(2)52(42)40-53(71)61(86)76-55(26-16-32-75-69(73)74)62(87)78-57(36-44-17-6-3-7-18-44)63(88)77-56(25-14-15-31-70)65(90)81-82-66(91)59(38-46-21-10-5-11-22-46)79-64(89)58(37-45-19-8-4-9-20-45)80-67(92)60-39-48-23-12-13-24-49(48)41-83(60)68(93)54(72)35-47-27-29-50(84)30-28-47/h3,5-7,10-13,17-18,21-24,27-30,33-34,45,53-60,84-85H,4,8-9,14-16,19-20,25-26,31-32,35-41,70-72H2,1-2H3,(H,76,86)(H,77,88)(H,78,87)(H,79,89)(H,80,92)(H,81,90)(H,82,91)(H4,73,74,75)/t53-,54-,55+,56-,57-,58-,59-,60-/m0/s1. The molecule has 5 aromatic carbocycles. The van der Waals surface area contributed by atoms with Gasteiger partial charge in [-0.05, 0) is 146 Å². The number of fused-ring (bicyclic) bond motifs is 1. The second kappa shape index (κ2) is 35.4. The van der Waals surface area contributed by atoms with Gasteiger partial charge in [0.15, 0.2) is 5.96 Å². The molecule has 19 N–H and O–H groups in total. The summed E-state index contributed by atoms with van der Waals surface area (Å²) in [4.78, 5) is 122. The summed E-state index contributed by atoms with van der Waals surface area (Å²) in [5.74, 6) is -5.51. The van der Waals surface area contributed by atoms with E-state index < -0.39 is 95.6 Å². The fourth-order valence-electron chi connectivity index (χ4n) is 12.1. The summed E-state index contributed by atoms with van der Waals surface area (Å²) in [7, 11) is 0. The summed E-state index contributed by atoms with van der Waals surface area (Å²) in [6.07, 6.45) is 6.18. The number of guanidine groups is 1. The molecular weight excluding hydrogens is 1180 g/mol. The minimum atomic E-state index is -1.33. The van der Waals surface area contributed by atoms with Crippen LogP contribution < -0.4 is 66.1 Å². The molecule has 24 nitrogen and oxygen atoms in total. The van der Waals surface area contributed by atoms with Crippen LogP contribution in [0, 0.1) is 19.8 Å². The van der Waals surface area contributed by atoms with Crippen molar-refractivity contribution in [3.05, 3.63) is 166 Å². The first-order chi connectivity index (χ1) is 44.6. The van der Waals surface area contributed by atoms with Gasteiger partial charge >= 0.3 is 0 Å². The lowest BCUT2D eigenvalue weighted by molar-refractivity contribution is -0.144. The maximum atomic E-state index is 14.9. The predicted octanol–water partition coefficient (Wildman–Crippen LogP) is 2.32. The molecule has 0 bridgehead atoms. The van der Waals surface area contributed by atoms with Gasteiger partial charge in [0.2, 0.25) is 35.4 Å². The lowest BCUT2D eigenvalue weighted by Crippen LogP contribution is -2.62. The Morgan fingerprint density at radius 1 is 0.538 bits per heavy atom. The van der Waals surface area contributed by atoms with Crippen LogP contribution >= 0.6 is 0 Å². The van der Waals surface area contributed by atoms with Gasteiger partial charge in [0.1, 0.15) is 47.8 Å². The van der Waals surface area contributed by atoms with Gasteiger partial charge in [0, 0.05) is 32.4 Å².